The Morgan fingerprint density at radius 3 is 1.97 bits per heavy atom. The Labute approximate surface area is 187 Å². The summed E-state index contributed by atoms with van der Waals surface area (Å²) in [6.45, 7) is 1.66. The van der Waals surface area contributed by atoms with Crippen LogP contribution < -0.4 is 5.10 Å². The number of halogens is 5. The fraction of sp³-hybridized carbons (Fsp3) is 0.100. The number of pyridine rings is 2. The topological polar surface area (TPSA) is 65.7 Å². The van der Waals surface area contributed by atoms with Crippen LogP contribution in [0.3, 0.4) is 0 Å². The third-order valence-electron chi connectivity index (χ3n) is 3.77. The minimum atomic E-state index is -4.57. The van der Waals surface area contributed by atoms with Gasteiger partial charge in [-0.15, -0.1) is 0 Å². The molecule has 1 radical (unpaired) electrons. The van der Waals surface area contributed by atoms with E-state index < -0.39 is 23.6 Å². The Morgan fingerprint density at radius 2 is 1.48 bits per heavy atom. The molecule has 3 aromatic heterocycles. The second-order valence-corrected chi connectivity index (χ2v) is 5.97. The molecule has 0 saturated heterocycles. The molecular weight excluding hydrogens is 597 g/mol. The summed E-state index contributed by atoms with van der Waals surface area (Å²) in [6, 6.07) is 12.2. The molecule has 0 bridgehead atoms. The predicted molar refractivity (Wildman–Crippen MR) is 97.9 cm³/mol. The van der Waals surface area contributed by atoms with Crippen LogP contribution in [0.15, 0.2) is 60.9 Å². The molecule has 0 aliphatic carbocycles. The van der Waals surface area contributed by atoms with Gasteiger partial charge in [0.25, 0.3) is 0 Å². The van der Waals surface area contributed by atoms with Gasteiger partial charge in [-0.1, -0.05) is 12.1 Å². The maximum Gasteiger partial charge on any atom is 0.429 e. The van der Waals surface area contributed by atoms with E-state index in [2.05, 4.69) is 25.1 Å². The van der Waals surface area contributed by atoms with Gasteiger partial charge in [0.2, 0.25) is 0 Å². The zero-order valence-electron chi connectivity index (χ0n) is 15.7. The predicted octanol–water partition coefficient (Wildman–Crippen LogP) is 4.85. The molecule has 163 valence electrons. The Balaban J connectivity index is 0.000000213. The largest absolute Gasteiger partial charge is 0.429 e. The van der Waals surface area contributed by atoms with E-state index in [1.165, 1.54) is 18.3 Å². The zero-order chi connectivity index (χ0) is 21.7. The molecule has 0 saturated carbocycles. The van der Waals surface area contributed by atoms with Crippen molar-refractivity contribution in [2.75, 3.05) is 0 Å². The van der Waals surface area contributed by atoms with Gasteiger partial charge in [0, 0.05) is 44.1 Å². The quantitative estimate of drug-likeness (QED) is 0.304. The number of aryl methyl sites for hydroxylation is 1. The smallest absolute Gasteiger partial charge is 0.413 e. The summed E-state index contributed by atoms with van der Waals surface area (Å²) in [5, 5.41) is 6.25. The van der Waals surface area contributed by atoms with Crippen molar-refractivity contribution in [3.63, 3.8) is 0 Å². The van der Waals surface area contributed by atoms with Crippen LogP contribution >= 0.6 is 0 Å². The van der Waals surface area contributed by atoms with E-state index in [1.807, 2.05) is 0 Å². The maximum atomic E-state index is 13.5. The van der Waals surface area contributed by atoms with E-state index in [4.69, 9.17) is 0 Å². The maximum absolute atomic E-state index is 13.5. The molecule has 0 N–H and O–H groups in total. The average Bonchev–Trinajstić information content (AvgIpc) is 3.20. The van der Waals surface area contributed by atoms with E-state index in [9.17, 15) is 22.0 Å². The monoisotopic (exact) mass is 611 g/mol. The number of hydrogen-bond donors (Lipinski definition) is 0. The van der Waals surface area contributed by atoms with Gasteiger partial charge in [-0.2, -0.15) is 13.2 Å². The third-order valence-corrected chi connectivity index (χ3v) is 3.77. The van der Waals surface area contributed by atoms with E-state index in [-0.39, 0.29) is 31.6 Å². The van der Waals surface area contributed by atoms with Crippen molar-refractivity contribution in [3.8, 4) is 22.8 Å². The third kappa shape index (κ3) is 6.22. The number of nitrogens with zero attached hydrogens (tertiary/aromatic N) is 5. The summed E-state index contributed by atoms with van der Waals surface area (Å²) in [4.78, 5) is 11.1. The minimum absolute atomic E-state index is 0. The SMILES string of the molecule is Cc1cc(F)cc(F)c1-c1ccccn1.FC(F)(F)c1n[n-]c(-c2ccccn2)n1.[Ir]. The molecule has 0 fully saturated rings. The molecule has 0 aliphatic heterocycles. The molecule has 0 atom stereocenters. The fourth-order valence-electron chi connectivity index (χ4n) is 2.50. The van der Waals surface area contributed by atoms with Gasteiger partial charge in [-0.05, 0) is 48.6 Å². The van der Waals surface area contributed by atoms with Crippen molar-refractivity contribution in [2.45, 2.75) is 13.1 Å². The first-order chi connectivity index (χ1) is 14.3. The molecule has 3 heterocycles. The normalized spacial score (nSPS) is 10.6. The number of rotatable bonds is 2. The van der Waals surface area contributed by atoms with Crippen LogP contribution in [0.25, 0.3) is 22.8 Å². The van der Waals surface area contributed by atoms with Crippen molar-refractivity contribution < 1.29 is 42.1 Å². The van der Waals surface area contributed by atoms with Crippen LogP contribution in [0.5, 0.6) is 0 Å². The van der Waals surface area contributed by atoms with Crippen LogP contribution in [0, 0.1) is 18.6 Å². The van der Waals surface area contributed by atoms with Crippen LogP contribution in [-0.2, 0) is 26.3 Å². The van der Waals surface area contributed by atoms with Gasteiger partial charge in [0.1, 0.15) is 17.5 Å². The van der Waals surface area contributed by atoms with Gasteiger partial charge in [-0.3, -0.25) is 15.1 Å². The molecule has 0 unspecified atom stereocenters. The molecule has 5 nitrogen and oxygen atoms in total. The molecular formula is C20H13F5IrN5-. The number of aromatic nitrogens is 5. The molecule has 31 heavy (non-hydrogen) atoms. The van der Waals surface area contributed by atoms with E-state index in [0.717, 1.165) is 6.07 Å². The van der Waals surface area contributed by atoms with Crippen molar-refractivity contribution in [1.29, 1.82) is 0 Å². The average molecular weight is 611 g/mol. The summed E-state index contributed by atoms with van der Waals surface area (Å²) < 4.78 is 62.8. The summed E-state index contributed by atoms with van der Waals surface area (Å²) in [5.74, 6) is -2.51. The van der Waals surface area contributed by atoms with Crippen LogP contribution in [0.1, 0.15) is 11.4 Å². The first-order valence-electron chi connectivity index (χ1n) is 8.49. The second kappa shape index (κ2) is 10.3. The summed E-state index contributed by atoms with van der Waals surface area (Å²) in [6.07, 6.45) is -1.55. The molecule has 4 rings (SSSR count). The zero-order valence-corrected chi connectivity index (χ0v) is 18.1. The number of alkyl halides is 3. The Kier molecular flexibility index (Phi) is 8.07. The number of hydrogen-bond acceptors (Lipinski definition) is 4. The fourth-order valence-corrected chi connectivity index (χ4v) is 2.50. The van der Waals surface area contributed by atoms with Gasteiger partial charge in [0.15, 0.2) is 0 Å². The van der Waals surface area contributed by atoms with Crippen molar-refractivity contribution in [3.05, 3.63) is 83.9 Å². The minimum Gasteiger partial charge on any atom is -0.413 e. The first-order valence-corrected chi connectivity index (χ1v) is 8.49. The Morgan fingerprint density at radius 1 is 0.871 bits per heavy atom. The van der Waals surface area contributed by atoms with Gasteiger partial charge in [-0.25, -0.2) is 8.78 Å². The molecule has 0 aliphatic rings. The summed E-state index contributed by atoms with van der Waals surface area (Å²) in [5.41, 5.74) is 1.69. The molecule has 11 heteroatoms. The Bertz CT molecular complexity index is 1090. The van der Waals surface area contributed by atoms with Gasteiger partial charge < -0.3 is 10.1 Å². The van der Waals surface area contributed by atoms with E-state index in [0.29, 0.717) is 16.8 Å². The van der Waals surface area contributed by atoms with E-state index >= 15 is 0 Å². The summed E-state index contributed by atoms with van der Waals surface area (Å²) in [7, 11) is 0. The van der Waals surface area contributed by atoms with Crippen molar-refractivity contribution >= 4 is 0 Å². The second-order valence-electron chi connectivity index (χ2n) is 5.97. The van der Waals surface area contributed by atoms with Gasteiger partial charge >= 0.3 is 6.18 Å². The van der Waals surface area contributed by atoms with Crippen LogP contribution in [-0.4, -0.2) is 20.1 Å². The van der Waals surface area contributed by atoms with Crippen LogP contribution in [0.2, 0.25) is 0 Å². The first kappa shape index (κ1) is 24.2. The Hall–Kier alpha value is -3.04. The molecule has 1 aromatic carbocycles. The van der Waals surface area contributed by atoms with Crippen LogP contribution in [0.4, 0.5) is 22.0 Å². The standard InChI is InChI=1S/C12H9F2N.C8H4F3N4.Ir/c1-8-6-9(13)7-10(14)12(8)11-4-2-3-5-15-11;9-8(10,11)7-13-6(14-15-7)5-3-1-2-4-12-5;/h2-7H,1H3;1-4H;/q;-1;. The van der Waals surface area contributed by atoms with Crippen molar-refractivity contribution in [2.24, 2.45) is 0 Å². The van der Waals surface area contributed by atoms with Gasteiger partial charge in [0.05, 0.1) is 11.4 Å². The summed E-state index contributed by atoms with van der Waals surface area (Å²) >= 11 is 0. The molecule has 0 spiro atoms. The van der Waals surface area contributed by atoms with E-state index in [1.54, 1.807) is 43.5 Å². The molecule has 4 aromatic rings. The number of benzene rings is 1. The van der Waals surface area contributed by atoms with Crippen molar-refractivity contribution in [1.82, 2.24) is 25.1 Å². The molecule has 0 amide bonds.